The lowest BCUT2D eigenvalue weighted by Gasteiger charge is -2.44. The minimum Gasteiger partial charge on any atom is -0.472 e. The van der Waals surface area contributed by atoms with Gasteiger partial charge in [0, 0.05) is 11.5 Å². The highest BCUT2D eigenvalue weighted by Crippen LogP contribution is 2.48. The van der Waals surface area contributed by atoms with Gasteiger partial charge < -0.3 is 39.7 Å². The predicted octanol–water partition coefficient (Wildman–Crippen LogP) is -1.98. The standard InChI is InChI=1S/C16H24O9/c1-16(22)3-2-8-7(4-17)6-23-14(10(8)16)25-15-13(21)12(20)11(19)9(5-18)24-15/h4,6,8-15,18-22H,2-3,5H2,1H3/t8-,9-,10-,11-,12+,13-,14+,15+,16+/m1/s1. The zero-order chi connectivity index (χ0) is 18.4. The Morgan fingerprint density at radius 3 is 2.64 bits per heavy atom. The van der Waals surface area contributed by atoms with E-state index < -0.39 is 55.1 Å². The molecule has 1 aliphatic carbocycles. The van der Waals surface area contributed by atoms with Gasteiger partial charge in [0.1, 0.15) is 30.7 Å². The van der Waals surface area contributed by atoms with Crippen LogP contribution >= 0.6 is 0 Å². The number of aldehydes is 1. The van der Waals surface area contributed by atoms with Crippen LogP contribution in [0.15, 0.2) is 11.8 Å². The van der Waals surface area contributed by atoms with Gasteiger partial charge in [-0.05, 0) is 19.8 Å². The number of aliphatic hydroxyl groups is 5. The molecule has 25 heavy (non-hydrogen) atoms. The Morgan fingerprint density at radius 2 is 2.00 bits per heavy atom. The maximum Gasteiger partial charge on any atom is 0.207 e. The molecule has 0 amide bonds. The summed E-state index contributed by atoms with van der Waals surface area (Å²) < 4.78 is 16.4. The zero-order valence-electron chi connectivity index (χ0n) is 13.8. The van der Waals surface area contributed by atoms with E-state index in [-0.39, 0.29) is 5.92 Å². The van der Waals surface area contributed by atoms with Crippen LogP contribution in [0.2, 0.25) is 0 Å². The summed E-state index contributed by atoms with van der Waals surface area (Å²) in [6, 6.07) is 0. The fourth-order valence-electron chi connectivity index (χ4n) is 3.95. The highest BCUT2D eigenvalue weighted by Gasteiger charge is 2.54. The van der Waals surface area contributed by atoms with Crippen molar-refractivity contribution in [1.29, 1.82) is 0 Å². The predicted molar refractivity (Wildman–Crippen MR) is 80.7 cm³/mol. The summed E-state index contributed by atoms with van der Waals surface area (Å²) in [4.78, 5) is 11.2. The number of carbonyl (C=O) groups excluding carboxylic acids is 1. The van der Waals surface area contributed by atoms with Crippen LogP contribution in [-0.4, -0.2) is 81.0 Å². The number of fused-ring (bicyclic) bond motifs is 1. The first kappa shape index (κ1) is 18.7. The van der Waals surface area contributed by atoms with E-state index in [1.807, 2.05) is 0 Å². The van der Waals surface area contributed by atoms with E-state index in [1.165, 1.54) is 6.26 Å². The van der Waals surface area contributed by atoms with Crippen LogP contribution < -0.4 is 0 Å². The van der Waals surface area contributed by atoms with E-state index in [4.69, 9.17) is 14.2 Å². The number of hydrogen-bond acceptors (Lipinski definition) is 9. The summed E-state index contributed by atoms with van der Waals surface area (Å²) in [5, 5.41) is 49.6. The van der Waals surface area contributed by atoms with Crippen LogP contribution in [0.25, 0.3) is 0 Å². The van der Waals surface area contributed by atoms with Gasteiger partial charge in [0.25, 0.3) is 0 Å². The van der Waals surface area contributed by atoms with Crippen molar-refractivity contribution in [2.75, 3.05) is 6.61 Å². The smallest absolute Gasteiger partial charge is 0.207 e. The van der Waals surface area contributed by atoms with Gasteiger partial charge in [-0.15, -0.1) is 0 Å². The molecule has 1 saturated carbocycles. The SMILES string of the molecule is C[C@]1(O)CC[C@@H]2C(C=O)=CO[C@@H](O[C@@H]3O[C@H](CO)[C@@H](O)[C@H](O)[C@H]3O)[C@@H]21. The van der Waals surface area contributed by atoms with Crippen molar-refractivity contribution in [2.45, 2.75) is 62.4 Å². The van der Waals surface area contributed by atoms with Gasteiger partial charge in [0.2, 0.25) is 6.29 Å². The normalized spacial score (nSPS) is 49.9. The number of allylic oxidation sites excluding steroid dienone is 1. The first-order valence-corrected chi connectivity index (χ1v) is 8.29. The van der Waals surface area contributed by atoms with Crippen molar-refractivity contribution in [3.63, 3.8) is 0 Å². The molecule has 0 bridgehead atoms. The van der Waals surface area contributed by atoms with Crippen molar-refractivity contribution in [3.05, 3.63) is 11.8 Å². The molecule has 5 N–H and O–H groups in total. The molecule has 2 aliphatic heterocycles. The number of carbonyl (C=O) groups is 1. The van der Waals surface area contributed by atoms with Crippen LogP contribution in [0.5, 0.6) is 0 Å². The molecule has 0 aromatic rings. The molecule has 0 aromatic heterocycles. The van der Waals surface area contributed by atoms with Crippen molar-refractivity contribution in [2.24, 2.45) is 11.8 Å². The van der Waals surface area contributed by atoms with Gasteiger partial charge in [-0.2, -0.15) is 0 Å². The third kappa shape index (κ3) is 3.21. The molecule has 9 heteroatoms. The summed E-state index contributed by atoms with van der Waals surface area (Å²) in [7, 11) is 0. The average Bonchev–Trinajstić information content (AvgIpc) is 2.92. The monoisotopic (exact) mass is 360 g/mol. The van der Waals surface area contributed by atoms with E-state index in [1.54, 1.807) is 6.92 Å². The second-order valence-electron chi connectivity index (χ2n) is 7.10. The largest absolute Gasteiger partial charge is 0.472 e. The van der Waals surface area contributed by atoms with Gasteiger partial charge in [-0.3, -0.25) is 4.79 Å². The highest BCUT2D eigenvalue weighted by atomic mass is 16.8. The fraction of sp³-hybridized carbons (Fsp3) is 0.812. The average molecular weight is 360 g/mol. The zero-order valence-corrected chi connectivity index (χ0v) is 13.8. The quantitative estimate of drug-likeness (QED) is 0.360. The summed E-state index contributed by atoms with van der Waals surface area (Å²) in [5.74, 6) is -0.818. The van der Waals surface area contributed by atoms with Crippen molar-refractivity contribution in [3.8, 4) is 0 Å². The molecule has 2 heterocycles. The van der Waals surface area contributed by atoms with Gasteiger partial charge >= 0.3 is 0 Å². The van der Waals surface area contributed by atoms with Crippen LogP contribution in [0.3, 0.4) is 0 Å². The van der Waals surface area contributed by atoms with Crippen LogP contribution in [0, 0.1) is 11.8 Å². The van der Waals surface area contributed by atoms with E-state index in [2.05, 4.69) is 0 Å². The van der Waals surface area contributed by atoms with Gasteiger partial charge in [0.15, 0.2) is 6.29 Å². The Hall–Kier alpha value is -1.07. The molecule has 3 rings (SSSR count). The van der Waals surface area contributed by atoms with Crippen molar-refractivity contribution >= 4 is 6.29 Å². The lowest BCUT2D eigenvalue weighted by atomic mass is 9.81. The number of rotatable bonds is 4. The molecular formula is C16H24O9. The number of aliphatic hydroxyl groups excluding tert-OH is 4. The van der Waals surface area contributed by atoms with E-state index in [0.29, 0.717) is 24.7 Å². The third-order valence-electron chi connectivity index (χ3n) is 5.43. The summed E-state index contributed by atoms with van der Waals surface area (Å²) >= 11 is 0. The first-order valence-electron chi connectivity index (χ1n) is 8.29. The molecule has 1 saturated heterocycles. The maximum atomic E-state index is 11.2. The van der Waals surface area contributed by atoms with Crippen LogP contribution in [0.4, 0.5) is 0 Å². The lowest BCUT2D eigenvalue weighted by molar-refractivity contribution is -0.346. The van der Waals surface area contributed by atoms with Crippen LogP contribution in [0.1, 0.15) is 19.8 Å². The summed E-state index contributed by atoms with van der Waals surface area (Å²) in [6.07, 6.45) is -5.14. The molecule has 0 spiro atoms. The summed E-state index contributed by atoms with van der Waals surface area (Å²) in [6.45, 7) is 1.05. The Bertz CT molecular complexity index is 532. The maximum absolute atomic E-state index is 11.2. The topological polar surface area (TPSA) is 146 Å². The minimum atomic E-state index is -1.57. The van der Waals surface area contributed by atoms with E-state index >= 15 is 0 Å². The Balaban J connectivity index is 1.79. The van der Waals surface area contributed by atoms with Crippen LogP contribution in [-0.2, 0) is 19.0 Å². The van der Waals surface area contributed by atoms with Gasteiger partial charge in [-0.25, -0.2) is 0 Å². The fourth-order valence-corrected chi connectivity index (χ4v) is 3.95. The number of ether oxygens (including phenoxy) is 3. The van der Waals surface area contributed by atoms with Crippen molar-refractivity contribution in [1.82, 2.24) is 0 Å². The second kappa shape index (κ2) is 6.92. The lowest BCUT2D eigenvalue weighted by Crippen LogP contribution is -2.60. The molecule has 9 atom stereocenters. The molecule has 0 unspecified atom stereocenters. The minimum absolute atomic E-state index is 0.254. The van der Waals surface area contributed by atoms with E-state index in [9.17, 15) is 30.3 Å². The number of hydrogen-bond donors (Lipinski definition) is 5. The van der Waals surface area contributed by atoms with Gasteiger partial charge in [-0.1, -0.05) is 0 Å². The Kier molecular flexibility index (Phi) is 5.18. The van der Waals surface area contributed by atoms with Gasteiger partial charge in [0.05, 0.1) is 24.4 Å². The molecule has 9 nitrogen and oxygen atoms in total. The van der Waals surface area contributed by atoms with E-state index in [0.717, 1.165) is 0 Å². The summed E-state index contributed by atoms with van der Waals surface area (Å²) in [5.41, 5.74) is -0.720. The molecule has 2 fully saturated rings. The molecule has 142 valence electrons. The Morgan fingerprint density at radius 1 is 1.28 bits per heavy atom. The second-order valence-corrected chi connectivity index (χ2v) is 7.10. The Labute approximate surface area is 144 Å². The molecular weight excluding hydrogens is 336 g/mol. The third-order valence-corrected chi connectivity index (χ3v) is 5.43. The first-order chi connectivity index (χ1) is 11.8. The molecule has 3 aliphatic rings. The van der Waals surface area contributed by atoms with Crippen molar-refractivity contribution < 1.29 is 44.5 Å². The highest BCUT2D eigenvalue weighted by molar-refractivity contribution is 5.74. The molecule has 0 radical (unpaired) electrons. The molecule has 0 aromatic carbocycles.